The van der Waals surface area contributed by atoms with Crippen molar-refractivity contribution in [3.63, 3.8) is 0 Å². The monoisotopic (exact) mass is 388 g/mol. The molecule has 0 bridgehead atoms. The second-order valence-corrected chi connectivity index (χ2v) is 6.65. The van der Waals surface area contributed by atoms with Crippen molar-refractivity contribution in [1.29, 1.82) is 0 Å². The third-order valence-electron chi connectivity index (χ3n) is 4.28. The van der Waals surface area contributed by atoms with E-state index in [0.29, 0.717) is 11.4 Å². The number of piperazine rings is 1. The van der Waals surface area contributed by atoms with Gasteiger partial charge in [0.15, 0.2) is 0 Å². The molecule has 9 heteroatoms. The van der Waals surface area contributed by atoms with E-state index in [0.717, 1.165) is 49.4 Å². The molecule has 1 aliphatic heterocycles. The third-order valence-corrected chi connectivity index (χ3v) is 4.51. The Morgan fingerprint density at radius 1 is 1.12 bits per heavy atom. The first-order valence-corrected chi connectivity index (χ1v) is 8.82. The fourth-order valence-corrected chi connectivity index (χ4v) is 3.20. The summed E-state index contributed by atoms with van der Waals surface area (Å²) < 4.78 is 40.7. The molecule has 1 fully saturated rings. The van der Waals surface area contributed by atoms with Gasteiger partial charge in [-0.2, -0.15) is 13.2 Å². The molecule has 1 aromatic carbocycles. The summed E-state index contributed by atoms with van der Waals surface area (Å²) in [4.78, 5) is 13.1. The Kier molecular flexibility index (Phi) is 6.16. The van der Waals surface area contributed by atoms with Gasteiger partial charge in [0, 0.05) is 49.7 Å². The molecular formula is C17H20ClF3N4O. The molecule has 26 heavy (non-hydrogen) atoms. The van der Waals surface area contributed by atoms with E-state index in [2.05, 4.69) is 24.5 Å². The summed E-state index contributed by atoms with van der Waals surface area (Å²) in [6.07, 6.45) is -2.13. The first-order chi connectivity index (χ1) is 12.4. The minimum absolute atomic E-state index is 0.122. The van der Waals surface area contributed by atoms with Crippen molar-refractivity contribution >= 4 is 28.3 Å². The molecule has 0 amide bonds. The average molecular weight is 389 g/mol. The van der Waals surface area contributed by atoms with Gasteiger partial charge in [0.05, 0.1) is 5.52 Å². The van der Waals surface area contributed by atoms with Crippen LogP contribution in [-0.2, 0) is 4.74 Å². The number of hydrogen-bond donors (Lipinski definition) is 0. The van der Waals surface area contributed by atoms with Crippen LogP contribution in [-0.4, -0.2) is 67.0 Å². The van der Waals surface area contributed by atoms with Gasteiger partial charge in [-0.05, 0) is 24.6 Å². The standard InChI is InChI=1S/C17H20ClF3N4O/c18-13-2-3-14-15(10-13)22-12-23-16(14)25-7-5-24(6-8-25)4-1-9-26-11-17(19,20)21/h2-3,10,12H,1,4-9,11H2. The van der Waals surface area contributed by atoms with Gasteiger partial charge in [-0.25, -0.2) is 9.97 Å². The fraction of sp³-hybridized carbons (Fsp3) is 0.529. The Hall–Kier alpha value is -1.64. The first kappa shape index (κ1) is 19.1. The van der Waals surface area contributed by atoms with E-state index in [4.69, 9.17) is 11.6 Å². The second-order valence-electron chi connectivity index (χ2n) is 6.21. The van der Waals surface area contributed by atoms with E-state index in [1.54, 1.807) is 6.33 Å². The van der Waals surface area contributed by atoms with Gasteiger partial charge in [0.25, 0.3) is 0 Å². The van der Waals surface area contributed by atoms with E-state index in [1.165, 1.54) is 0 Å². The molecule has 0 radical (unpaired) electrons. The quantitative estimate of drug-likeness (QED) is 0.710. The highest BCUT2D eigenvalue weighted by molar-refractivity contribution is 6.31. The zero-order valence-electron chi connectivity index (χ0n) is 14.2. The van der Waals surface area contributed by atoms with Gasteiger partial charge in [-0.15, -0.1) is 0 Å². The Bertz CT molecular complexity index is 736. The van der Waals surface area contributed by atoms with Crippen molar-refractivity contribution < 1.29 is 17.9 Å². The smallest absolute Gasteiger partial charge is 0.372 e. The largest absolute Gasteiger partial charge is 0.411 e. The van der Waals surface area contributed by atoms with Crippen LogP contribution < -0.4 is 4.90 Å². The fourth-order valence-electron chi connectivity index (χ4n) is 3.03. The Balaban J connectivity index is 1.48. The number of rotatable bonds is 6. The van der Waals surface area contributed by atoms with Crippen molar-refractivity contribution in [2.75, 3.05) is 50.8 Å². The van der Waals surface area contributed by atoms with Gasteiger partial charge in [-0.3, -0.25) is 4.90 Å². The lowest BCUT2D eigenvalue weighted by atomic mass is 10.2. The van der Waals surface area contributed by atoms with Crippen molar-refractivity contribution in [3.05, 3.63) is 29.5 Å². The molecule has 1 saturated heterocycles. The highest BCUT2D eigenvalue weighted by Gasteiger charge is 2.27. The number of halogens is 4. The summed E-state index contributed by atoms with van der Waals surface area (Å²) in [5.74, 6) is 0.889. The molecule has 0 unspecified atom stereocenters. The SMILES string of the molecule is FC(F)(F)COCCCN1CCN(c2ncnc3cc(Cl)ccc23)CC1. The number of hydrogen-bond acceptors (Lipinski definition) is 5. The van der Waals surface area contributed by atoms with Gasteiger partial charge in [0.1, 0.15) is 18.8 Å². The number of aromatic nitrogens is 2. The molecule has 142 valence electrons. The van der Waals surface area contributed by atoms with Gasteiger partial charge in [0.2, 0.25) is 0 Å². The van der Waals surface area contributed by atoms with Crippen LogP contribution in [0.4, 0.5) is 19.0 Å². The summed E-state index contributed by atoms with van der Waals surface area (Å²) >= 11 is 6.02. The maximum atomic E-state index is 12.0. The average Bonchev–Trinajstić information content (AvgIpc) is 2.60. The minimum atomic E-state index is -4.25. The first-order valence-electron chi connectivity index (χ1n) is 8.44. The van der Waals surface area contributed by atoms with Gasteiger partial charge < -0.3 is 9.64 Å². The van der Waals surface area contributed by atoms with Crippen LogP contribution in [0.25, 0.3) is 10.9 Å². The number of fused-ring (bicyclic) bond motifs is 1. The molecule has 0 spiro atoms. The highest BCUT2D eigenvalue weighted by atomic mass is 35.5. The van der Waals surface area contributed by atoms with Crippen LogP contribution in [0.15, 0.2) is 24.5 Å². The second kappa shape index (κ2) is 8.37. The highest BCUT2D eigenvalue weighted by Crippen LogP contribution is 2.26. The van der Waals surface area contributed by atoms with E-state index in [-0.39, 0.29) is 6.61 Å². The minimum Gasteiger partial charge on any atom is -0.372 e. The maximum Gasteiger partial charge on any atom is 0.411 e. The number of benzene rings is 1. The lowest BCUT2D eigenvalue weighted by Crippen LogP contribution is -2.47. The van der Waals surface area contributed by atoms with Gasteiger partial charge >= 0.3 is 6.18 Å². The molecule has 2 heterocycles. The van der Waals surface area contributed by atoms with Crippen molar-refractivity contribution in [2.24, 2.45) is 0 Å². The van der Waals surface area contributed by atoms with Crippen LogP contribution in [0.2, 0.25) is 5.02 Å². The van der Waals surface area contributed by atoms with E-state index in [9.17, 15) is 13.2 Å². The molecule has 2 aromatic rings. The molecule has 1 aromatic heterocycles. The van der Waals surface area contributed by atoms with Crippen molar-refractivity contribution in [3.8, 4) is 0 Å². The summed E-state index contributed by atoms with van der Waals surface area (Å²) in [5, 5.41) is 1.60. The molecule has 0 aliphatic carbocycles. The predicted octanol–water partition coefficient (Wildman–Crippen LogP) is 3.37. The summed E-state index contributed by atoms with van der Waals surface area (Å²) in [6.45, 7) is 2.95. The van der Waals surface area contributed by atoms with E-state index < -0.39 is 12.8 Å². The van der Waals surface area contributed by atoms with Crippen LogP contribution in [0.5, 0.6) is 0 Å². The predicted molar refractivity (Wildman–Crippen MR) is 94.7 cm³/mol. The van der Waals surface area contributed by atoms with E-state index in [1.807, 2.05) is 18.2 Å². The lowest BCUT2D eigenvalue weighted by molar-refractivity contribution is -0.174. The molecule has 0 N–H and O–H groups in total. The molecule has 3 rings (SSSR count). The normalized spacial score (nSPS) is 16.4. The summed E-state index contributed by atoms with van der Waals surface area (Å²) in [7, 11) is 0. The zero-order chi connectivity index (χ0) is 18.6. The van der Waals surface area contributed by atoms with E-state index >= 15 is 0 Å². The van der Waals surface area contributed by atoms with Crippen LogP contribution >= 0.6 is 11.6 Å². The third kappa shape index (κ3) is 5.18. The summed E-state index contributed by atoms with van der Waals surface area (Å²) in [6, 6.07) is 5.57. The number of nitrogens with zero attached hydrogens (tertiary/aromatic N) is 4. The van der Waals surface area contributed by atoms with Crippen LogP contribution in [0, 0.1) is 0 Å². The number of alkyl halides is 3. The number of ether oxygens (including phenoxy) is 1. The molecular weight excluding hydrogens is 369 g/mol. The molecule has 1 aliphatic rings. The zero-order valence-corrected chi connectivity index (χ0v) is 14.9. The Morgan fingerprint density at radius 2 is 1.88 bits per heavy atom. The molecule has 5 nitrogen and oxygen atoms in total. The lowest BCUT2D eigenvalue weighted by Gasteiger charge is -2.35. The molecule has 0 saturated carbocycles. The number of anilines is 1. The van der Waals surface area contributed by atoms with Crippen LogP contribution in [0.1, 0.15) is 6.42 Å². The Labute approximate surface area is 154 Å². The maximum absolute atomic E-state index is 12.0. The van der Waals surface area contributed by atoms with Crippen molar-refractivity contribution in [2.45, 2.75) is 12.6 Å². The van der Waals surface area contributed by atoms with Gasteiger partial charge in [-0.1, -0.05) is 11.6 Å². The topological polar surface area (TPSA) is 41.5 Å². The summed E-state index contributed by atoms with van der Waals surface area (Å²) in [5.41, 5.74) is 0.812. The molecule has 0 atom stereocenters. The Morgan fingerprint density at radius 3 is 2.62 bits per heavy atom. The van der Waals surface area contributed by atoms with Crippen molar-refractivity contribution in [1.82, 2.24) is 14.9 Å². The van der Waals surface area contributed by atoms with Crippen LogP contribution in [0.3, 0.4) is 0 Å².